The van der Waals surface area contributed by atoms with Gasteiger partial charge in [0, 0.05) is 13.1 Å². The van der Waals surface area contributed by atoms with Gasteiger partial charge in [-0.1, -0.05) is 12.1 Å². The number of pyridine rings is 1. The van der Waals surface area contributed by atoms with Gasteiger partial charge in [0.05, 0.1) is 43.0 Å². The van der Waals surface area contributed by atoms with Crippen LogP contribution >= 0.6 is 0 Å². The number of nitrogens with zero attached hydrogens (tertiary/aromatic N) is 2. The first-order valence-electron chi connectivity index (χ1n) is 8.55. The molecule has 0 bridgehead atoms. The highest BCUT2D eigenvalue weighted by molar-refractivity contribution is 6.07. The second kappa shape index (κ2) is 8.44. The lowest BCUT2D eigenvalue weighted by molar-refractivity contribution is 0.0527. The lowest BCUT2D eigenvalue weighted by Gasteiger charge is -2.28. The molecule has 26 heavy (non-hydrogen) atoms. The molecule has 3 rings (SSSR count). The zero-order valence-corrected chi connectivity index (χ0v) is 14.6. The fraction of sp³-hybridized carbons (Fsp3) is 0.316. The molecule has 2 aromatic rings. The van der Waals surface area contributed by atoms with E-state index in [-0.39, 0.29) is 18.2 Å². The minimum atomic E-state index is -0.473. The summed E-state index contributed by atoms with van der Waals surface area (Å²) >= 11 is 0. The Hall–Kier alpha value is -2.93. The van der Waals surface area contributed by atoms with Crippen LogP contribution in [0.4, 0.5) is 11.4 Å². The Kier molecular flexibility index (Phi) is 5.80. The topological polar surface area (TPSA) is 80.8 Å². The van der Waals surface area contributed by atoms with E-state index in [4.69, 9.17) is 9.47 Å². The molecule has 0 aliphatic carbocycles. The number of rotatable bonds is 5. The molecule has 0 saturated carbocycles. The molecule has 1 amide bonds. The predicted octanol–water partition coefficient (Wildman–Crippen LogP) is 2.35. The molecule has 1 N–H and O–H groups in total. The van der Waals surface area contributed by atoms with Gasteiger partial charge in [0.2, 0.25) is 0 Å². The molecular weight excluding hydrogens is 334 g/mol. The van der Waals surface area contributed by atoms with Crippen molar-refractivity contribution in [3.8, 4) is 0 Å². The van der Waals surface area contributed by atoms with Crippen molar-refractivity contribution in [1.29, 1.82) is 0 Å². The summed E-state index contributed by atoms with van der Waals surface area (Å²) in [6.07, 6.45) is 1.68. The molecule has 7 nitrogen and oxygen atoms in total. The molecule has 136 valence electrons. The number of hydrogen-bond acceptors (Lipinski definition) is 6. The first-order valence-corrected chi connectivity index (χ1v) is 8.55. The summed E-state index contributed by atoms with van der Waals surface area (Å²) in [5, 5.41) is 2.73. The Bertz CT molecular complexity index is 771. The van der Waals surface area contributed by atoms with Crippen LogP contribution in [-0.2, 0) is 9.47 Å². The van der Waals surface area contributed by atoms with Gasteiger partial charge in [-0.2, -0.15) is 0 Å². The van der Waals surface area contributed by atoms with E-state index in [9.17, 15) is 9.59 Å². The predicted molar refractivity (Wildman–Crippen MR) is 97.6 cm³/mol. The summed E-state index contributed by atoms with van der Waals surface area (Å²) < 4.78 is 10.4. The highest BCUT2D eigenvalue weighted by Crippen LogP contribution is 2.18. The van der Waals surface area contributed by atoms with Crippen molar-refractivity contribution in [2.24, 2.45) is 0 Å². The van der Waals surface area contributed by atoms with E-state index in [2.05, 4.69) is 15.2 Å². The molecule has 0 radical (unpaired) electrons. The van der Waals surface area contributed by atoms with Crippen LogP contribution in [0.25, 0.3) is 0 Å². The fourth-order valence-corrected chi connectivity index (χ4v) is 2.69. The Balaban J connectivity index is 1.71. The number of aromatic nitrogens is 1. The van der Waals surface area contributed by atoms with Crippen LogP contribution < -0.4 is 10.2 Å². The largest absolute Gasteiger partial charge is 0.462 e. The molecule has 0 atom stereocenters. The van der Waals surface area contributed by atoms with Crippen molar-refractivity contribution < 1.29 is 19.1 Å². The number of carbonyl (C=O) groups is 2. The van der Waals surface area contributed by atoms with Crippen molar-refractivity contribution in [2.75, 3.05) is 43.1 Å². The van der Waals surface area contributed by atoms with Crippen LogP contribution in [0.5, 0.6) is 0 Å². The zero-order chi connectivity index (χ0) is 18.4. The summed E-state index contributed by atoms with van der Waals surface area (Å²) in [4.78, 5) is 30.9. The standard InChI is InChI=1S/C19H21N3O4/c1-2-26-19(24)15-5-3-4-6-16(15)21-18(23)17-8-7-14(13-20-17)22-9-11-25-12-10-22/h3-8,13H,2,9-12H2,1H3,(H,21,23). The Morgan fingerprint density at radius 1 is 1.19 bits per heavy atom. The van der Waals surface area contributed by atoms with E-state index in [0.29, 0.717) is 24.5 Å². The van der Waals surface area contributed by atoms with E-state index < -0.39 is 5.97 Å². The molecule has 1 saturated heterocycles. The smallest absolute Gasteiger partial charge is 0.340 e. The Morgan fingerprint density at radius 2 is 1.96 bits per heavy atom. The van der Waals surface area contributed by atoms with Gasteiger partial charge in [-0.05, 0) is 31.2 Å². The highest BCUT2D eigenvalue weighted by Gasteiger charge is 2.16. The molecule has 1 aromatic heterocycles. The van der Waals surface area contributed by atoms with E-state index >= 15 is 0 Å². The first kappa shape index (κ1) is 17.9. The van der Waals surface area contributed by atoms with Gasteiger partial charge in [-0.3, -0.25) is 4.79 Å². The minimum Gasteiger partial charge on any atom is -0.462 e. The lowest BCUT2D eigenvalue weighted by Crippen LogP contribution is -2.36. The molecular formula is C19H21N3O4. The zero-order valence-electron chi connectivity index (χ0n) is 14.6. The number of amides is 1. The maximum atomic E-state index is 12.5. The van der Waals surface area contributed by atoms with Gasteiger partial charge in [0.15, 0.2) is 0 Å². The number of hydrogen-bond donors (Lipinski definition) is 1. The average molecular weight is 355 g/mol. The summed E-state index contributed by atoms with van der Waals surface area (Å²) in [6, 6.07) is 10.3. The lowest BCUT2D eigenvalue weighted by atomic mass is 10.1. The van der Waals surface area contributed by atoms with Crippen LogP contribution in [0, 0.1) is 0 Å². The number of morpholine rings is 1. The molecule has 0 unspecified atom stereocenters. The van der Waals surface area contributed by atoms with E-state index in [1.54, 1.807) is 43.5 Å². The maximum Gasteiger partial charge on any atom is 0.340 e. The monoisotopic (exact) mass is 355 g/mol. The SMILES string of the molecule is CCOC(=O)c1ccccc1NC(=O)c1ccc(N2CCOCC2)cn1. The normalized spacial score (nSPS) is 14.0. The number of esters is 1. The summed E-state index contributed by atoms with van der Waals surface area (Å²) in [6.45, 7) is 4.99. The number of carbonyl (C=O) groups excluding carboxylic acids is 2. The Morgan fingerprint density at radius 3 is 2.65 bits per heavy atom. The quantitative estimate of drug-likeness (QED) is 0.829. The third kappa shape index (κ3) is 4.18. The van der Waals surface area contributed by atoms with Crippen LogP contribution in [0.3, 0.4) is 0 Å². The minimum absolute atomic E-state index is 0.270. The molecule has 1 fully saturated rings. The third-order valence-corrected chi connectivity index (χ3v) is 4.03. The fourth-order valence-electron chi connectivity index (χ4n) is 2.69. The first-order chi connectivity index (χ1) is 12.7. The molecule has 7 heteroatoms. The molecule has 0 spiro atoms. The van der Waals surface area contributed by atoms with Crippen molar-refractivity contribution in [1.82, 2.24) is 4.98 Å². The highest BCUT2D eigenvalue weighted by atomic mass is 16.5. The second-order valence-corrected chi connectivity index (χ2v) is 5.72. The number of nitrogens with one attached hydrogen (secondary N) is 1. The van der Waals surface area contributed by atoms with Crippen molar-refractivity contribution in [3.63, 3.8) is 0 Å². The van der Waals surface area contributed by atoms with Crippen LogP contribution in [-0.4, -0.2) is 49.8 Å². The third-order valence-electron chi connectivity index (χ3n) is 4.03. The molecule has 2 heterocycles. The van der Waals surface area contributed by atoms with E-state index in [1.165, 1.54) is 0 Å². The summed E-state index contributed by atoms with van der Waals surface area (Å²) in [5.41, 5.74) is 1.94. The molecule has 1 aromatic carbocycles. The van der Waals surface area contributed by atoms with Crippen molar-refractivity contribution >= 4 is 23.3 Å². The van der Waals surface area contributed by atoms with E-state index in [1.807, 2.05) is 6.07 Å². The van der Waals surface area contributed by atoms with Gasteiger partial charge in [-0.25, -0.2) is 9.78 Å². The van der Waals surface area contributed by atoms with Gasteiger partial charge in [0.25, 0.3) is 5.91 Å². The van der Waals surface area contributed by atoms with Crippen molar-refractivity contribution in [2.45, 2.75) is 6.92 Å². The molecule has 1 aliphatic heterocycles. The maximum absolute atomic E-state index is 12.5. The van der Waals surface area contributed by atoms with Crippen LogP contribution in [0.2, 0.25) is 0 Å². The summed E-state index contributed by atoms with van der Waals surface area (Å²) in [5.74, 6) is -0.852. The van der Waals surface area contributed by atoms with E-state index in [0.717, 1.165) is 18.8 Å². The Labute approximate surface area is 151 Å². The van der Waals surface area contributed by atoms with Crippen LogP contribution in [0.1, 0.15) is 27.8 Å². The number of benzene rings is 1. The number of ether oxygens (including phenoxy) is 2. The second-order valence-electron chi connectivity index (χ2n) is 5.72. The van der Waals surface area contributed by atoms with Gasteiger partial charge >= 0.3 is 5.97 Å². The molecule has 1 aliphatic rings. The van der Waals surface area contributed by atoms with Gasteiger partial charge < -0.3 is 19.7 Å². The van der Waals surface area contributed by atoms with Crippen molar-refractivity contribution in [3.05, 3.63) is 53.9 Å². The van der Waals surface area contributed by atoms with Gasteiger partial charge in [0.1, 0.15) is 5.69 Å². The summed E-state index contributed by atoms with van der Waals surface area (Å²) in [7, 11) is 0. The van der Waals surface area contributed by atoms with Gasteiger partial charge in [-0.15, -0.1) is 0 Å². The van der Waals surface area contributed by atoms with Crippen LogP contribution in [0.15, 0.2) is 42.6 Å². The number of para-hydroxylation sites is 1. The number of anilines is 2. The average Bonchev–Trinajstić information content (AvgIpc) is 2.69.